The van der Waals surface area contributed by atoms with Gasteiger partial charge in [-0.25, -0.2) is 4.98 Å². The van der Waals surface area contributed by atoms with Crippen molar-refractivity contribution in [2.24, 2.45) is 0 Å². The number of nitrogens with zero attached hydrogens (tertiary/aromatic N) is 1. The van der Waals surface area contributed by atoms with E-state index < -0.39 is 0 Å². The number of rotatable bonds is 3. The van der Waals surface area contributed by atoms with E-state index in [4.69, 9.17) is 14.2 Å². The van der Waals surface area contributed by atoms with E-state index in [0.717, 1.165) is 11.1 Å². The van der Waals surface area contributed by atoms with Gasteiger partial charge in [0, 0.05) is 33.1 Å². The lowest BCUT2D eigenvalue weighted by Gasteiger charge is -2.07. The molecule has 0 spiro atoms. The third kappa shape index (κ3) is 2.49. The molecule has 0 saturated carbocycles. The summed E-state index contributed by atoms with van der Waals surface area (Å²) < 4.78 is 16.2. The van der Waals surface area contributed by atoms with E-state index >= 15 is 0 Å². The standard InChI is InChI=1S/C14H15NO3S/c1-9-11(14-17-5-6-18-14)7-12(19-9)10-3-4-13(16-2)15-8-10/h3-4,7-8,14H,5-6H2,1-2H3. The van der Waals surface area contributed by atoms with Gasteiger partial charge >= 0.3 is 0 Å². The molecule has 0 aliphatic carbocycles. The van der Waals surface area contributed by atoms with Crippen LogP contribution < -0.4 is 4.74 Å². The number of aryl methyl sites for hydroxylation is 1. The molecule has 2 aromatic heterocycles. The van der Waals surface area contributed by atoms with E-state index in [-0.39, 0.29) is 6.29 Å². The first-order chi connectivity index (χ1) is 9.28. The smallest absolute Gasteiger partial charge is 0.212 e. The molecular formula is C14H15NO3S. The SMILES string of the molecule is COc1ccc(-c2cc(C3OCCO3)c(C)s2)cn1. The Hall–Kier alpha value is -1.43. The second-order valence-electron chi connectivity index (χ2n) is 4.28. The molecule has 1 fully saturated rings. The van der Waals surface area contributed by atoms with Gasteiger partial charge in [-0.15, -0.1) is 11.3 Å². The summed E-state index contributed by atoms with van der Waals surface area (Å²) in [5, 5.41) is 0. The van der Waals surface area contributed by atoms with Crippen LogP contribution in [0.1, 0.15) is 16.7 Å². The second-order valence-corrected chi connectivity index (χ2v) is 5.54. The first-order valence-electron chi connectivity index (χ1n) is 6.12. The molecule has 3 heterocycles. The fourth-order valence-corrected chi connectivity index (χ4v) is 3.08. The molecule has 19 heavy (non-hydrogen) atoms. The van der Waals surface area contributed by atoms with Gasteiger partial charge in [-0.2, -0.15) is 0 Å². The lowest BCUT2D eigenvalue weighted by molar-refractivity contribution is -0.0441. The van der Waals surface area contributed by atoms with E-state index in [2.05, 4.69) is 18.0 Å². The average molecular weight is 277 g/mol. The highest BCUT2D eigenvalue weighted by Crippen LogP contribution is 2.36. The number of aromatic nitrogens is 1. The van der Waals surface area contributed by atoms with Crippen molar-refractivity contribution in [2.75, 3.05) is 20.3 Å². The van der Waals surface area contributed by atoms with E-state index in [1.807, 2.05) is 18.3 Å². The summed E-state index contributed by atoms with van der Waals surface area (Å²) in [5.41, 5.74) is 2.20. The molecule has 4 nitrogen and oxygen atoms in total. The van der Waals surface area contributed by atoms with Crippen LogP contribution in [0.3, 0.4) is 0 Å². The summed E-state index contributed by atoms with van der Waals surface area (Å²) in [6, 6.07) is 6.00. The molecule has 0 bridgehead atoms. The zero-order valence-corrected chi connectivity index (χ0v) is 11.7. The zero-order valence-electron chi connectivity index (χ0n) is 10.9. The number of ether oxygens (including phenoxy) is 3. The molecule has 100 valence electrons. The molecule has 0 N–H and O–H groups in total. The Balaban J connectivity index is 1.90. The lowest BCUT2D eigenvalue weighted by atomic mass is 10.2. The largest absolute Gasteiger partial charge is 0.481 e. The van der Waals surface area contributed by atoms with E-state index in [1.165, 1.54) is 9.75 Å². The number of thiophene rings is 1. The Bertz CT molecular complexity index is 559. The summed E-state index contributed by atoms with van der Waals surface area (Å²) >= 11 is 1.73. The molecule has 0 aromatic carbocycles. The molecule has 1 aliphatic heterocycles. The van der Waals surface area contributed by atoms with E-state index in [9.17, 15) is 0 Å². The summed E-state index contributed by atoms with van der Waals surface area (Å²) in [7, 11) is 1.62. The van der Waals surface area contributed by atoms with Crippen molar-refractivity contribution in [2.45, 2.75) is 13.2 Å². The number of hydrogen-bond acceptors (Lipinski definition) is 5. The minimum absolute atomic E-state index is 0.212. The van der Waals surface area contributed by atoms with Crippen molar-refractivity contribution in [3.63, 3.8) is 0 Å². The van der Waals surface area contributed by atoms with Crippen LogP contribution >= 0.6 is 11.3 Å². The maximum atomic E-state index is 5.55. The highest BCUT2D eigenvalue weighted by Gasteiger charge is 2.22. The van der Waals surface area contributed by atoms with Crippen LogP contribution in [0.5, 0.6) is 5.88 Å². The van der Waals surface area contributed by atoms with Crippen molar-refractivity contribution >= 4 is 11.3 Å². The Morgan fingerprint density at radius 1 is 1.32 bits per heavy atom. The normalized spacial score (nSPS) is 15.9. The topological polar surface area (TPSA) is 40.6 Å². The predicted octanol–water partition coefficient (Wildman–Crippen LogP) is 3.17. The van der Waals surface area contributed by atoms with Crippen LogP contribution in [-0.4, -0.2) is 25.3 Å². The van der Waals surface area contributed by atoms with Gasteiger partial charge < -0.3 is 14.2 Å². The maximum absolute atomic E-state index is 5.55. The van der Waals surface area contributed by atoms with Gasteiger partial charge in [0.05, 0.1) is 20.3 Å². The Morgan fingerprint density at radius 2 is 2.11 bits per heavy atom. The van der Waals surface area contributed by atoms with Gasteiger partial charge in [0.25, 0.3) is 0 Å². The van der Waals surface area contributed by atoms with Crippen LogP contribution in [0.2, 0.25) is 0 Å². The fraction of sp³-hybridized carbons (Fsp3) is 0.357. The summed E-state index contributed by atoms with van der Waals surface area (Å²) in [5.74, 6) is 0.625. The van der Waals surface area contributed by atoms with E-state index in [1.54, 1.807) is 18.4 Å². The maximum Gasteiger partial charge on any atom is 0.212 e. The van der Waals surface area contributed by atoms with Gasteiger partial charge in [0.1, 0.15) is 0 Å². The van der Waals surface area contributed by atoms with Gasteiger partial charge in [-0.3, -0.25) is 0 Å². The van der Waals surface area contributed by atoms with Crippen LogP contribution in [0.25, 0.3) is 10.4 Å². The van der Waals surface area contributed by atoms with Gasteiger partial charge in [0.15, 0.2) is 6.29 Å². The number of methoxy groups -OCH3 is 1. The molecule has 1 aliphatic rings. The zero-order chi connectivity index (χ0) is 13.2. The quantitative estimate of drug-likeness (QED) is 0.864. The predicted molar refractivity (Wildman–Crippen MR) is 73.5 cm³/mol. The van der Waals surface area contributed by atoms with Gasteiger partial charge in [-0.05, 0) is 19.1 Å². The molecule has 0 radical (unpaired) electrons. The lowest BCUT2D eigenvalue weighted by Crippen LogP contribution is -1.97. The molecule has 0 amide bonds. The van der Waals surface area contributed by atoms with Crippen molar-refractivity contribution in [3.05, 3.63) is 34.8 Å². The summed E-state index contributed by atoms with van der Waals surface area (Å²) in [6.45, 7) is 3.42. The van der Waals surface area contributed by atoms with Crippen LogP contribution in [0.4, 0.5) is 0 Å². The van der Waals surface area contributed by atoms with Gasteiger partial charge in [-0.1, -0.05) is 0 Å². The van der Waals surface area contributed by atoms with Crippen LogP contribution in [-0.2, 0) is 9.47 Å². The summed E-state index contributed by atoms with van der Waals surface area (Å²) in [4.78, 5) is 6.62. The van der Waals surface area contributed by atoms with Crippen molar-refractivity contribution in [3.8, 4) is 16.3 Å². The third-order valence-electron chi connectivity index (χ3n) is 3.06. The molecule has 1 saturated heterocycles. The molecular weight excluding hydrogens is 262 g/mol. The number of pyridine rings is 1. The molecule has 3 rings (SSSR count). The highest BCUT2D eigenvalue weighted by atomic mass is 32.1. The van der Waals surface area contributed by atoms with Crippen LogP contribution in [0.15, 0.2) is 24.4 Å². The van der Waals surface area contributed by atoms with Crippen molar-refractivity contribution < 1.29 is 14.2 Å². The minimum Gasteiger partial charge on any atom is -0.481 e. The van der Waals surface area contributed by atoms with E-state index in [0.29, 0.717) is 19.1 Å². The average Bonchev–Trinajstić information content (AvgIpc) is 3.08. The monoisotopic (exact) mass is 277 g/mol. The molecule has 5 heteroatoms. The first-order valence-corrected chi connectivity index (χ1v) is 6.93. The highest BCUT2D eigenvalue weighted by molar-refractivity contribution is 7.15. The van der Waals surface area contributed by atoms with Crippen molar-refractivity contribution in [1.82, 2.24) is 4.98 Å². The second kappa shape index (κ2) is 5.28. The Kier molecular flexibility index (Phi) is 3.50. The third-order valence-corrected chi connectivity index (χ3v) is 4.18. The minimum atomic E-state index is -0.212. The Morgan fingerprint density at radius 3 is 2.74 bits per heavy atom. The molecule has 2 aromatic rings. The number of hydrogen-bond donors (Lipinski definition) is 0. The molecule has 0 atom stereocenters. The van der Waals surface area contributed by atoms with Gasteiger partial charge in [0.2, 0.25) is 5.88 Å². The fourth-order valence-electron chi connectivity index (χ4n) is 2.06. The van der Waals surface area contributed by atoms with Crippen LogP contribution in [0, 0.1) is 6.92 Å². The molecule has 0 unspecified atom stereocenters. The summed E-state index contributed by atoms with van der Waals surface area (Å²) in [6.07, 6.45) is 1.61. The Labute approximate surface area is 116 Å². The first kappa shape index (κ1) is 12.6. The van der Waals surface area contributed by atoms with Crippen molar-refractivity contribution in [1.29, 1.82) is 0 Å².